The van der Waals surface area contributed by atoms with Gasteiger partial charge in [0.25, 0.3) is 5.91 Å². The van der Waals surface area contributed by atoms with Crippen molar-refractivity contribution >= 4 is 17.9 Å². The Kier molecular flexibility index (Phi) is 8.77. The molecular weight excluding hydrogens is 532 g/mol. The number of carbonyl (C=O) groups is 3. The predicted molar refractivity (Wildman–Crippen MR) is 137 cm³/mol. The second kappa shape index (κ2) is 12.1. The number of rotatable bonds is 7. The number of benzene rings is 2. The summed E-state index contributed by atoms with van der Waals surface area (Å²) in [4.78, 5) is 44.1. The van der Waals surface area contributed by atoms with Crippen LogP contribution >= 0.6 is 0 Å². The summed E-state index contributed by atoms with van der Waals surface area (Å²) in [5.74, 6) is -1.47. The highest BCUT2D eigenvalue weighted by Gasteiger charge is 2.39. The van der Waals surface area contributed by atoms with Crippen molar-refractivity contribution in [2.24, 2.45) is 0 Å². The minimum absolute atomic E-state index is 0.0658. The maximum absolute atomic E-state index is 13.6. The van der Waals surface area contributed by atoms with E-state index >= 15 is 0 Å². The molecule has 2 aliphatic rings. The largest absolute Gasteiger partial charge is 0.463 e. The number of hydrogen-bond acceptors (Lipinski definition) is 5. The molecule has 0 spiro atoms. The van der Waals surface area contributed by atoms with Gasteiger partial charge in [-0.15, -0.1) is 0 Å². The molecule has 0 aliphatic carbocycles. The zero-order valence-electron chi connectivity index (χ0n) is 22.1. The first-order chi connectivity index (χ1) is 19.0. The predicted octanol–water partition coefficient (Wildman–Crippen LogP) is 4.21. The molecule has 0 radical (unpaired) electrons. The number of likely N-dealkylation sites (N-methyl/N-ethyl adjacent to an activating group) is 1. The van der Waals surface area contributed by atoms with Crippen molar-refractivity contribution in [3.05, 3.63) is 82.3 Å². The number of piperazine rings is 1. The van der Waals surface area contributed by atoms with Gasteiger partial charge in [-0.3, -0.25) is 14.6 Å². The lowest BCUT2D eigenvalue weighted by Crippen LogP contribution is -2.53. The molecule has 2 aliphatic heterocycles. The standard InChI is InChI=1S/C28H30F4N4O4/c1-3-36-22(17-34-12-14-35(15-13-34)25(37)19-6-5-7-21(29)16-19)23(26(38)40-4-2)24(33-27(36)39)18-8-10-20(11-9-18)28(30,31)32/h5-11,16,24H,3-4,12-15,17H2,1-2H3,(H,33,39). The van der Waals surface area contributed by atoms with E-state index in [0.717, 1.165) is 12.1 Å². The van der Waals surface area contributed by atoms with Crippen LogP contribution in [0.5, 0.6) is 0 Å². The van der Waals surface area contributed by atoms with E-state index in [-0.39, 0.29) is 36.7 Å². The normalized spacial score (nSPS) is 18.6. The first-order valence-corrected chi connectivity index (χ1v) is 13.0. The molecule has 8 nitrogen and oxygen atoms in total. The van der Waals surface area contributed by atoms with Crippen LogP contribution in [0.15, 0.2) is 59.8 Å². The molecule has 0 aromatic heterocycles. The highest BCUT2D eigenvalue weighted by Crippen LogP contribution is 2.35. The third-order valence-corrected chi connectivity index (χ3v) is 6.93. The van der Waals surface area contributed by atoms with Gasteiger partial charge in [-0.1, -0.05) is 18.2 Å². The molecule has 1 N–H and O–H groups in total. The Hall–Kier alpha value is -3.93. The number of hydrogen-bond donors (Lipinski definition) is 1. The molecule has 40 heavy (non-hydrogen) atoms. The molecule has 1 unspecified atom stereocenters. The number of ether oxygens (including phenoxy) is 1. The molecule has 1 fully saturated rings. The van der Waals surface area contributed by atoms with Crippen LogP contribution < -0.4 is 5.32 Å². The quantitative estimate of drug-likeness (QED) is 0.404. The van der Waals surface area contributed by atoms with Crippen LogP contribution in [0.2, 0.25) is 0 Å². The lowest BCUT2D eigenvalue weighted by molar-refractivity contribution is -0.139. The zero-order valence-corrected chi connectivity index (χ0v) is 22.1. The molecule has 1 atom stereocenters. The molecule has 0 bridgehead atoms. The van der Waals surface area contributed by atoms with E-state index in [0.29, 0.717) is 37.4 Å². The van der Waals surface area contributed by atoms with Gasteiger partial charge in [0.2, 0.25) is 0 Å². The van der Waals surface area contributed by atoms with Gasteiger partial charge in [-0.2, -0.15) is 13.2 Å². The fourth-order valence-electron chi connectivity index (χ4n) is 4.90. The maximum Gasteiger partial charge on any atom is 0.416 e. The molecule has 3 amide bonds. The summed E-state index contributed by atoms with van der Waals surface area (Å²) < 4.78 is 58.3. The van der Waals surface area contributed by atoms with E-state index in [4.69, 9.17) is 4.74 Å². The van der Waals surface area contributed by atoms with Crippen molar-refractivity contribution in [1.29, 1.82) is 0 Å². The molecule has 12 heteroatoms. The molecular formula is C28H30F4N4O4. The average molecular weight is 563 g/mol. The number of nitrogens with zero attached hydrogens (tertiary/aromatic N) is 3. The molecule has 4 rings (SSSR count). The summed E-state index contributed by atoms with van der Waals surface area (Å²) in [6, 6.07) is 8.27. The van der Waals surface area contributed by atoms with Gasteiger partial charge in [0.1, 0.15) is 5.82 Å². The zero-order chi connectivity index (χ0) is 29.0. The molecule has 2 heterocycles. The summed E-state index contributed by atoms with van der Waals surface area (Å²) >= 11 is 0. The van der Waals surface area contributed by atoms with Gasteiger partial charge < -0.3 is 15.0 Å². The van der Waals surface area contributed by atoms with Crippen molar-refractivity contribution in [3.8, 4) is 0 Å². The van der Waals surface area contributed by atoms with Gasteiger partial charge in [0.05, 0.1) is 23.8 Å². The fourth-order valence-corrected chi connectivity index (χ4v) is 4.90. The highest BCUT2D eigenvalue weighted by molar-refractivity contribution is 5.95. The molecule has 214 valence electrons. The number of esters is 1. The van der Waals surface area contributed by atoms with E-state index < -0.39 is 35.6 Å². The van der Waals surface area contributed by atoms with Crippen LogP contribution in [-0.4, -0.2) is 78.5 Å². The highest BCUT2D eigenvalue weighted by atomic mass is 19.4. The maximum atomic E-state index is 13.6. The lowest BCUT2D eigenvalue weighted by Gasteiger charge is -2.40. The smallest absolute Gasteiger partial charge is 0.416 e. The van der Waals surface area contributed by atoms with Crippen LogP contribution in [0.25, 0.3) is 0 Å². The second-order valence-electron chi connectivity index (χ2n) is 9.41. The number of halogens is 4. The van der Waals surface area contributed by atoms with Crippen LogP contribution in [-0.2, 0) is 15.7 Å². The Labute approximate surface area is 229 Å². The monoisotopic (exact) mass is 562 g/mol. The number of urea groups is 1. The Morgan fingerprint density at radius 3 is 2.27 bits per heavy atom. The summed E-state index contributed by atoms with van der Waals surface area (Å²) in [6.07, 6.45) is -4.53. The van der Waals surface area contributed by atoms with Crippen LogP contribution in [0.1, 0.15) is 41.4 Å². The van der Waals surface area contributed by atoms with Gasteiger partial charge >= 0.3 is 18.2 Å². The van der Waals surface area contributed by atoms with Crippen molar-refractivity contribution in [1.82, 2.24) is 20.0 Å². The Bertz CT molecular complexity index is 1290. The number of nitrogens with one attached hydrogen (secondary N) is 1. The molecule has 2 aromatic carbocycles. The number of alkyl halides is 3. The SMILES string of the molecule is CCOC(=O)C1=C(CN2CCN(C(=O)c3cccc(F)c3)CC2)N(CC)C(=O)NC1c1ccc(C(F)(F)F)cc1. The van der Waals surface area contributed by atoms with Crippen LogP contribution in [0, 0.1) is 5.82 Å². The topological polar surface area (TPSA) is 82.2 Å². The second-order valence-corrected chi connectivity index (χ2v) is 9.41. The van der Waals surface area contributed by atoms with E-state index in [9.17, 15) is 31.9 Å². The number of amides is 3. The minimum atomic E-state index is -4.53. The van der Waals surface area contributed by atoms with Crippen molar-refractivity contribution < 1.29 is 36.7 Å². The number of carbonyl (C=O) groups excluding carboxylic acids is 3. The van der Waals surface area contributed by atoms with Crippen molar-refractivity contribution in [2.45, 2.75) is 26.1 Å². The van der Waals surface area contributed by atoms with E-state index in [1.165, 1.54) is 35.2 Å². The van der Waals surface area contributed by atoms with Crippen molar-refractivity contribution in [2.75, 3.05) is 45.9 Å². The van der Waals surface area contributed by atoms with Gasteiger partial charge in [0.15, 0.2) is 0 Å². The van der Waals surface area contributed by atoms with E-state index in [1.54, 1.807) is 24.8 Å². The fraction of sp³-hybridized carbons (Fsp3) is 0.393. The minimum Gasteiger partial charge on any atom is -0.463 e. The third-order valence-electron chi connectivity index (χ3n) is 6.93. The first kappa shape index (κ1) is 29.1. The molecule has 2 aromatic rings. The Balaban J connectivity index is 1.61. The van der Waals surface area contributed by atoms with Gasteiger partial charge in [0, 0.05) is 50.5 Å². The van der Waals surface area contributed by atoms with E-state index in [1.807, 2.05) is 4.90 Å². The Morgan fingerprint density at radius 2 is 1.70 bits per heavy atom. The summed E-state index contributed by atoms with van der Waals surface area (Å²) in [5.41, 5.74) is 0.242. The van der Waals surface area contributed by atoms with E-state index in [2.05, 4.69) is 5.32 Å². The third kappa shape index (κ3) is 6.27. The summed E-state index contributed by atoms with van der Waals surface area (Å²) in [5, 5.41) is 2.74. The molecule has 0 saturated carbocycles. The summed E-state index contributed by atoms with van der Waals surface area (Å²) in [7, 11) is 0. The molecule has 1 saturated heterocycles. The van der Waals surface area contributed by atoms with Crippen LogP contribution in [0.3, 0.4) is 0 Å². The van der Waals surface area contributed by atoms with Crippen LogP contribution in [0.4, 0.5) is 22.4 Å². The van der Waals surface area contributed by atoms with Gasteiger partial charge in [-0.25, -0.2) is 14.0 Å². The average Bonchev–Trinajstić information content (AvgIpc) is 2.92. The first-order valence-electron chi connectivity index (χ1n) is 13.0. The lowest BCUT2D eigenvalue weighted by atomic mass is 9.93. The summed E-state index contributed by atoms with van der Waals surface area (Å²) in [6.45, 7) is 5.40. The van der Waals surface area contributed by atoms with Crippen molar-refractivity contribution in [3.63, 3.8) is 0 Å². The van der Waals surface area contributed by atoms with Gasteiger partial charge in [-0.05, 0) is 49.7 Å². The Morgan fingerprint density at radius 1 is 1.02 bits per heavy atom.